The number of rotatable bonds is 7. The number of nitrogens with zero attached hydrogens (tertiary/aromatic N) is 3. The summed E-state index contributed by atoms with van der Waals surface area (Å²) in [7, 11) is 0. The van der Waals surface area contributed by atoms with Gasteiger partial charge in [0.2, 0.25) is 0 Å². The minimum Gasteiger partial charge on any atom is -0.870 e. The molecule has 0 N–H and O–H groups in total. The van der Waals surface area contributed by atoms with E-state index in [1.54, 1.807) is 45.0 Å². The number of hydrogen-bond donors (Lipinski definition) is 0. The quantitative estimate of drug-likeness (QED) is 0.271. The molecule has 1 atom stereocenters. The molecular weight excluding hydrogens is 486 g/mol. The summed E-state index contributed by atoms with van der Waals surface area (Å²) in [6, 6.07) is 10.4. The fourth-order valence-electron chi connectivity index (χ4n) is 3.97. The highest BCUT2D eigenvalue weighted by molar-refractivity contribution is 7.07. The second-order valence-corrected chi connectivity index (χ2v) is 8.77. The second-order valence-electron chi connectivity index (χ2n) is 7.77. The van der Waals surface area contributed by atoms with E-state index in [-0.39, 0.29) is 40.3 Å². The third-order valence-electron chi connectivity index (χ3n) is 5.50. The van der Waals surface area contributed by atoms with Crippen molar-refractivity contribution in [2.24, 2.45) is 4.99 Å². The minimum absolute atomic E-state index is 0.0597. The average Bonchev–Trinajstić information content (AvgIpc) is 3.15. The Hall–Kier alpha value is -4.25. The predicted octanol–water partition coefficient (Wildman–Crippen LogP) is 2.18. The van der Waals surface area contributed by atoms with Crippen molar-refractivity contribution >= 4 is 29.1 Å². The van der Waals surface area contributed by atoms with E-state index in [1.165, 1.54) is 10.6 Å². The van der Waals surface area contributed by atoms with Crippen LogP contribution in [0, 0.1) is 10.1 Å². The van der Waals surface area contributed by atoms with Gasteiger partial charge in [0, 0.05) is 6.07 Å². The summed E-state index contributed by atoms with van der Waals surface area (Å²) < 4.78 is 12.0. The summed E-state index contributed by atoms with van der Waals surface area (Å²) in [6.07, 6.45) is 1.30. The lowest BCUT2D eigenvalue weighted by molar-refractivity contribution is -0.385. The van der Waals surface area contributed by atoms with Gasteiger partial charge in [0.1, 0.15) is 5.75 Å². The zero-order valence-electron chi connectivity index (χ0n) is 19.7. The maximum Gasteiger partial charge on any atom is 0.338 e. The van der Waals surface area contributed by atoms with Gasteiger partial charge in [-0.05, 0) is 38.0 Å². The molecule has 1 aromatic heterocycles. The van der Waals surface area contributed by atoms with Crippen LogP contribution in [0.2, 0.25) is 0 Å². The molecule has 186 valence electrons. The van der Waals surface area contributed by atoms with E-state index in [4.69, 9.17) is 9.47 Å². The monoisotopic (exact) mass is 508 g/mol. The molecule has 10 nitrogen and oxygen atoms in total. The smallest absolute Gasteiger partial charge is 0.338 e. The highest BCUT2D eigenvalue weighted by Crippen LogP contribution is 2.33. The summed E-state index contributed by atoms with van der Waals surface area (Å²) in [4.78, 5) is 42.1. The van der Waals surface area contributed by atoms with E-state index in [0.717, 1.165) is 23.5 Å². The molecule has 3 aromatic rings. The van der Waals surface area contributed by atoms with Crippen molar-refractivity contribution in [3.63, 3.8) is 0 Å². The lowest BCUT2D eigenvalue weighted by atomic mass is 9.96. The first-order valence-corrected chi connectivity index (χ1v) is 11.9. The van der Waals surface area contributed by atoms with Crippen LogP contribution in [-0.4, -0.2) is 28.7 Å². The van der Waals surface area contributed by atoms with Crippen LogP contribution < -0.4 is 24.7 Å². The first-order chi connectivity index (χ1) is 17.3. The van der Waals surface area contributed by atoms with E-state index < -0.39 is 28.2 Å². The Bertz CT molecular complexity index is 1550. The van der Waals surface area contributed by atoms with Gasteiger partial charge in [-0.1, -0.05) is 47.4 Å². The van der Waals surface area contributed by atoms with Crippen molar-refractivity contribution in [1.82, 2.24) is 4.57 Å². The zero-order chi connectivity index (χ0) is 26.0. The number of fused-ring (bicyclic) bond motifs is 1. The molecule has 1 aliphatic heterocycles. The number of aromatic nitrogens is 1. The van der Waals surface area contributed by atoms with Crippen LogP contribution in [0.4, 0.5) is 5.69 Å². The zero-order valence-corrected chi connectivity index (χ0v) is 20.5. The summed E-state index contributed by atoms with van der Waals surface area (Å²) in [6.45, 7) is 5.32. The van der Waals surface area contributed by atoms with Crippen LogP contribution in [0.3, 0.4) is 0 Å². The molecule has 1 aliphatic rings. The molecule has 2 heterocycles. The molecule has 0 amide bonds. The Kier molecular flexibility index (Phi) is 7.02. The Morgan fingerprint density at radius 3 is 2.58 bits per heavy atom. The average molecular weight is 509 g/mol. The molecular formula is C25H22N3O7S-. The van der Waals surface area contributed by atoms with Crippen molar-refractivity contribution in [3.8, 4) is 11.5 Å². The van der Waals surface area contributed by atoms with Gasteiger partial charge in [-0.2, -0.15) is 0 Å². The fourth-order valence-corrected chi connectivity index (χ4v) is 5.00. The molecule has 0 unspecified atom stereocenters. The standard InChI is InChI=1S/C25H23N3O7S/c1-4-34-18-13-17(28(32)33)11-16(22(18)29)12-19-23(30)27-21(15-9-7-6-8-10-15)20(24(31)35-5-2)14(3)26-25(27)36-19/h6-13,21,29H,4-5H2,1-3H3/p-1/b19-12+/t21-/m0/s1. The molecule has 0 fully saturated rings. The Labute approximate surface area is 209 Å². The first kappa shape index (κ1) is 24.9. The van der Waals surface area contributed by atoms with Gasteiger partial charge in [0.15, 0.2) is 4.80 Å². The number of benzene rings is 2. The number of nitro benzene ring substituents is 1. The third-order valence-corrected chi connectivity index (χ3v) is 6.48. The molecule has 0 saturated carbocycles. The number of hydrogen-bond acceptors (Lipinski definition) is 9. The van der Waals surface area contributed by atoms with Crippen molar-refractivity contribution in [1.29, 1.82) is 0 Å². The van der Waals surface area contributed by atoms with E-state index in [2.05, 4.69) is 4.99 Å². The molecule has 0 bridgehead atoms. The van der Waals surface area contributed by atoms with Crippen LogP contribution in [0.25, 0.3) is 6.08 Å². The summed E-state index contributed by atoms with van der Waals surface area (Å²) in [5, 5.41) is 24.3. The first-order valence-electron chi connectivity index (χ1n) is 11.1. The Morgan fingerprint density at radius 2 is 1.94 bits per heavy atom. The summed E-state index contributed by atoms with van der Waals surface area (Å²) in [5.74, 6) is -1.33. The SMILES string of the molecule is CCOC(=O)C1=C(C)N=c2s/c(=C/c3cc([N+](=O)[O-])cc(OCC)c3[O-])c(=O)n2[C@H]1c1ccccc1. The molecule has 36 heavy (non-hydrogen) atoms. The normalized spacial score (nSPS) is 15.3. The molecule has 0 spiro atoms. The Balaban J connectivity index is 1.97. The maximum atomic E-state index is 13.6. The van der Waals surface area contributed by atoms with E-state index >= 15 is 0 Å². The number of carbonyl (C=O) groups excluding carboxylic acids is 1. The van der Waals surface area contributed by atoms with E-state index in [9.17, 15) is 24.8 Å². The molecule has 4 rings (SSSR count). The lowest BCUT2D eigenvalue weighted by Crippen LogP contribution is -2.39. The highest BCUT2D eigenvalue weighted by Gasteiger charge is 2.33. The topological polar surface area (TPSA) is 136 Å². The largest absolute Gasteiger partial charge is 0.870 e. The number of nitro groups is 1. The molecule has 11 heteroatoms. The molecule has 2 aromatic carbocycles. The van der Waals surface area contributed by atoms with Gasteiger partial charge in [0.25, 0.3) is 11.2 Å². The van der Waals surface area contributed by atoms with Gasteiger partial charge < -0.3 is 14.6 Å². The number of esters is 1. The van der Waals surface area contributed by atoms with Crippen LogP contribution in [0.1, 0.15) is 37.9 Å². The van der Waals surface area contributed by atoms with Gasteiger partial charge in [-0.3, -0.25) is 19.5 Å². The van der Waals surface area contributed by atoms with Crippen molar-refractivity contribution < 1.29 is 24.3 Å². The summed E-state index contributed by atoms with van der Waals surface area (Å²) >= 11 is 1.02. The number of carbonyl (C=O) groups is 1. The van der Waals surface area contributed by atoms with Gasteiger partial charge in [-0.25, -0.2) is 9.79 Å². The van der Waals surface area contributed by atoms with Gasteiger partial charge in [-0.15, -0.1) is 0 Å². The lowest BCUT2D eigenvalue weighted by Gasteiger charge is -2.24. The molecule has 0 radical (unpaired) electrons. The Morgan fingerprint density at radius 1 is 1.22 bits per heavy atom. The van der Waals surface area contributed by atoms with Crippen LogP contribution in [0.15, 0.2) is 63.5 Å². The second kappa shape index (κ2) is 10.2. The highest BCUT2D eigenvalue weighted by atomic mass is 32.1. The van der Waals surface area contributed by atoms with E-state index in [0.29, 0.717) is 16.1 Å². The number of thiazole rings is 1. The van der Waals surface area contributed by atoms with Gasteiger partial charge in [0.05, 0.1) is 46.0 Å². The molecule has 0 aliphatic carbocycles. The van der Waals surface area contributed by atoms with E-state index in [1.807, 2.05) is 6.07 Å². The van der Waals surface area contributed by atoms with Gasteiger partial charge >= 0.3 is 5.97 Å². The van der Waals surface area contributed by atoms with Crippen molar-refractivity contribution in [2.75, 3.05) is 13.2 Å². The van der Waals surface area contributed by atoms with Crippen molar-refractivity contribution in [2.45, 2.75) is 26.8 Å². The van der Waals surface area contributed by atoms with Crippen LogP contribution in [0.5, 0.6) is 11.5 Å². The molecule has 0 saturated heterocycles. The third kappa shape index (κ3) is 4.52. The maximum absolute atomic E-state index is 13.6. The van der Waals surface area contributed by atoms with Crippen LogP contribution in [-0.2, 0) is 9.53 Å². The predicted molar refractivity (Wildman–Crippen MR) is 131 cm³/mol. The van der Waals surface area contributed by atoms with Crippen LogP contribution >= 0.6 is 11.3 Å². The van der Waals surface area contributed by atoms with Crippen molar-refractivity contribution in [3.05, 3.63) is 94.7 Å². The number of non-ortho nitro benzene ring substituents is 1. The number of allylic oxidation sites excluding steroid dienone is 1. The minimum atomic E-state index is -0.792. The summed E-state index contributed by atoms with van der Waals surface area (Å²) in [5.41, 5.74) is 0.441. The number of ether oxygens (including phenoxy) is 2. The fraction of sp³-hybridized carbons (Fsp3) is 0.240.